The van der Waals surface area contributed by atoms with Gasteiger partial charge >= 0.3 is 0 Å². The molecule has 0 aromatic heterocycles. The van der Waals surface area contributed by atoms with Gasteiger partial charge in [0, 0.05) is 11.6 Å². The summed E-state index contributed by atoms with van der Waals surface area (Å²) in [6.07, 6.45) is 1.38. The van der Waals surface area contributed by atoms with E-state index in [2.05, 4.69) is 5.32 Å². The summed E-state index contributed by atoms with van der Waals surface area (Å²) in [6.45, 7) is 1.90. The quantitative estimate of drug-likeness (QED) is 0.376. The Kier molecular flexibility index (Phi) is 9.01. The maximum Gasteiger partial charge on any atom is 0.264 e. The van der Waals surface area contributed by atoms with E-state index in [0.29, 0.717) is 41.6 Å². The van der Waals surface area contributed by atoms with Crippen molar-refractivity contribution in [2.75, 3.05) is 31.6 Å². The summed E-state index contributed by atoms with van der Waals surface area (Å²) in [5.74, 6) is 0.890. The van der Waals surface area contributed by atoms with Crippen LogP contribution in [0.2, 0.25) is 5.02 Å². The monoisotopic (exact) mass is 516 g/mol. The number of rotatable bonds is 11. The number of ether oxygens (including phenoxy) is 2. The molecule has 1 amide bonds. The van der Waals surface area contributed by atoms with Gasteiger partial charge in [0.05, 0.1) is 24.8 Å². The van der Waals surface area contributed by atoms with Crippen molar-refractivity contribution < 1.29 is 22.7 Å². The van der Waals surface area contributed by atoms with Crippen molar-refractivity contribution in [3.05, 3.63) is 82.9 Å². The summed E-state index contributed by atoms with van der Waals surface area (Å²) in [5.41, 5.74) is 2.29. The molecule has 7 nitrogen and oxygen atoms in total. The second-order valence-electron chi connectivity index (χ2n) is 7.95. The Labute approximate surface area is 211 Å². The molecule has 0 aliphatic rings. The highest BCUT2D eigenvalue weighted by Gasteiger charge is 2.27. The van der Waals surface area contributed by atoms with Crippen LogP contribution in [0.3, 0.4) is 0 Å². The maximum atomic E-state index is 13.4. The number of benzene rings is 3. The largest absolute Gasteiger partial charge is 0.493 e. The SMILES string of the molecule is COc1ccc(CCCNC(=O)CN(c2cccc(Cl)c2)S(=O)(=O)c2ccc(C)cc2)cc1OC. The highest BCUT2D eigenvalue weighted by atomic mass is 35.5. The summed E-state index contributed by atoms with van der Waals surface area (Å²) < 4.78 is 38.4. The molecule has 186 valence electrons. The molecule has 0 atom stereocenters. The number of halogens is 1. The highest BCUT2D eigenvalue weighted by Crippen LogP contribution is 2.28. The Morgan fingerprint density at radius 3 is 2.34 bits per heavy atom. The molecule has 0 heterocycles. The molecule has 0 bridgehead atoms. The van der Waals surface area contributed by atoms with Gasteiger partial charge in [-0.25, -0.2) is 8.42 Å². The van der Waals surface area contributed by atoms with Crippen LogP contribution in [0.5, 0.6) is 11.5 Å². The van der Waals surface area contributed by atoms with Crippen LogP contribution in [-0.2, 0) is 21.2 Å². The Morgan fingerprint density at radius 2 is 1.69 bits per heavy atom. The molecule has 0 fully saturated rings. The molecular formula is C26H29ClN2O5S. The molecule has 0 aliphatic heterocycles. The molecule has 0 saturated carbocycles. The normalized spacial score (nSPS) is 11.1. The number of nitrogens with zero attached hydrogens (tertiary/aromatic N) is 1. The van der Waals surface area contributed by atoms with E-state index in [0.717, 1.165) is 15.4 Å². The van der Waals surface area contributed by atoms with Crippen molar-refractivity contribution in [2.24, 2.45) is 0 Å². The molecule has 3 rings (SSSR count). The van der Waals surface area contributed by atoms with Gasteiger partial charge in [0.25, 0.3) is 10.0 Å². The third kappa shape index (κ3) is 6.90. The van der Waals surface area contributed by atoms with E-state index in [4.69, 9.17) is 21.1 Å². The average molecular weight is 517 g/mol. The first-order valence-corrected chi connectivity index (χ1v) is 12.9. The van der Waals surface area contributed by atoms with Crippen LogP contribution in [0, 0.1) is 6.92 Å². The predicted molar refractivity (Wildman–Crippen MR) is 138 cm³/mol. The molecule has 9 heteroatoms. The Morgan fingerprint density at radius 1 is 0.971 bits per heavy atom. The van der Waals surface area contributed by atoms with Gasteiger partial charge in [-0.3, -0.25) is 9.10 Å². The first kappa shape index (κ1) is 26.4. The third-order valence-electron chi connectivity index (χ3n) is 5.40. The van der Waals surface area contributed by atoms with Gasteiger partial charge < -0.3 is 14.8 Å². The molecule has 3 aromatic carbocycles. The first-order valence-electron chi connectivity index (χ1n) is 11.1. The molecule has 0 radical (unpaired) electrons. The number of aryl methyl sites for hydroxylation is 2. The highest BCUT2D eigenvalue weighted by molar-refractivity contribution is 7.92. The Balaban J connectivity index is 1.68. The zero-order chi connectivity index (χ0) is 25.4. The van der Waals surface area contributed by atoms with E-state index in [9.17, 15) is 13.2 Å². The molecule has 1 N–H and O–H groups in total. The number of carbonyl (C=O) groups is 1. The van der Waals surface area contributed by atoms with Crippen molar-refractivity contribution in [2.45, 2.75) is 24.7 Å². The summed E-state index contributed by atoms with van der Waals surface area (Å²) in [4.78, 5) is 12.9. The number of anilines is 1. The summed E-state index contributed by atoms with van der Waals surface area (Å²) in [7, 11) is -0.819. The first-order chi connectivity index (χ1) is 16.7. The average Bonchev–Trinajstić information content (AvgIpc) is 2.85. The zero-order valence-electron chi connectivity index (χ0n) is 20.0. The van der Waals surface area contributed by atoms with E-state index in [1.54, 1.807) is 44.6 Å². The molecule has 35 heavy (non-hydrogen) atoms. The van der Waals surface area contributed by atoms with Gasteiger partial charge in [0.1, 0.15) is 6.54 Å². The van der Waals surface area contributed by atoms with Crippen LogP contribution in [-0.4, -0.2) is 41.6 Å². The second-order valence-corrected chi connectivity index (χ2v) is 10.2. The molecule has 3 aromatic rings. The zero-order valence-corrected chi connectivity index (χ0v) is 21.5. The van der Waals surface area contributed by atoms with Crippen molar-refractivity contribution in [1.82, 2.24) is 5.32 Å². The Hall–Kier alpha value is -3.23. The summed E-state index contributed by atoms with van der Waals surface area (Å²) >= 11 is 6.10. The van der Waals surface area contributed by atoms with Crippen molar-refractivity contribution >= 4 is 33.2 Å². The van der Waals surface area contributed by atoms with Gasteiger partial charge in [-0.2, -0.15) is 0 Å². The molecular weight excluding hydrogens is 488 g/mol. The third-order valence-corrected chi connectivity index (χ3v) is 7.43. The maximum absolute atomic E-state index is 13.4. The van der Waals surface area contributed by atoms with Gasteiger partial charge in [-0.1, -0.05) is 41.4 Å². The smallest absolute Gasteiger partial charge is 0.264 e. The number of hydrogen-bond acceptors (Lipinski definition) is 5. The minimum absolute atomic E-state index is 0.101. The number of nitrogens with one attached hydrogen (secondary N) is 1. The van der Waals surface area contributed by atoms with E-state index in [1.165, 1.54) is 18.2 Å². The van der Waals surface area contributed by atoms with Crippen LogP contribution in [0.25, 0.3) is 0 Å². The van der Waals surface area contributed by atoms with Gasteiger partial charge in [-0.05, 0) is 67.8 Å². The molecule has 0 spiro atoms. The second kappa shape index (κ2) is 12.0. The molecule has 0 saturated heterocycles. The van der Waals surface area contributed by atoms with Crippen molar-refractivity contribution in [3.8, 4) is 11.5 Å². The van der Waals surface area contributed by atoms with E-state index in [-0.39, 0.29) is 11.4 Å². The molecule has 0 unspecified atom stereocenters. The minimum atomic E-state index is -3.98. The van der Waals surface area contributed by atoms with Crippen molar-refractivity contribution in [3.63, 3.8) is 0 Å². The topological polar surface area (TPSA) is 84.9 Å². The van der Waals surface area contributed by atoms with Gasteiger partial charge in [0.2, 0.25) is 5.91 Å². The fraction of sp³-hybridized carbons (Fsp3) is 0.269. The van der Waals surface area contributed by atoms with Crippen LogP contribution in [0.1, 0.15) is 17.5 Å². The van der Waals surface area contributed by atoms with E-state index < -0.39 is 15.9 Å². The summed E-state index contributed by atoms with van der Waals surface area (Å²) in [5, 5.41) is 3.19. The number of sulfonamides is 1. The van der Waals surface area contributed by atoms with E-state index in [1.807, 2.05) is 25.1 Å². The van der Waals surface area contributed by atoms with E-state index >= 15 is 0 Å². The lowest BCUT2D eigenvalue weighted by molar-refractivity contribution is -0.119. The number of amides is 1. The van der Waals surface area contributed by atoms with Gasteiger partial charge in [0.15, 0.2) is 11.5 Å². The van der Waals surface area contributed by atoms with Crippen LogP contribution >= 0.6 is 11.6 Å². The van der Waals surface area contributed by atoms with Crippen LogP contribution < -0.4 is 19.1 Å². The predicted octanol–water partition coefficient (Wildman–Crippen LogP) is 4.61. The lowest BCUT2D eigenvalue weighted by Crippen LogP contribution is -2.41. The molecule has 0 aliphatic carbocycles. The van der Waals surface area contributed by atoms with Crippen molar-refractivity contribution in [1.29, 1.82) is 0 Å². The number of carbonyl (C=O) groups excluding carboxylic acids is 1. The summed E-state index contributed by atoms with van der Waals surface area (Å²) in [6, 6.07) is 18.6. The fourth-order valence-electron chi connectivity index (χ4n) is 3.53. The number of hydrogen-bond donors (Lipinski definition) is 1. The van der Waals surface area contributed by atoms with Crippen LogP contribution in [0.15, 0.2) is 71.6 Å². The van der Waals surface area contributed by atoms with Gasteiger partial charge in [-0.15, -0.1) is 0 Å². The lowest BCUT2D eigenvalue weighted by Gasteiger charge is -2.24. The standard InChI is InChI=1S/C26H29ClN2O5S/c1-19-9-12-23(13-10-19)35(31,32)29(22-8-4-7-21(27)17-22)18-26(30)28-15-5-6-20-11-14-24(33-2)25(16-20)34-3/h4,7-14,16-17H,5-6,15,18H2,1-3H3,(H,28,30). The lowest BCUT2D eigenvalue weighted by atomic mass is 10.1. The van der Waals surface area contributed by atoms with Crippen LogP contribution in [0.4, 0.5) is 5.69 Å². The Bertz CT molecular complexity index is 1260. The minimum Gasteiger partial charge on any atom is -0.493 e. The fourth-order valence-corrected chi connectivity index (χ4v) is 5.12. The number of methoxy groups -OCH3 is 2.